The highest BCUT2D eigenvalue weighted by atomic mass is 32.1. The molecule has 0 radical (unpaired) electrons. The molecule has 0 bridgehead atoms. The van der Waals surface area contributed by atoms with Gasteiger partial charge in [0.1, 0.15) is 16.0 Å². The van der Waals surface area contributed by atoms with Gasteiger partial charge in [0.15, 0.2) is 0 Å². The van der Waals surface area contributed by atoms with Gasteiger partial charge in [0, 0.05) is 18.7 Å². The third-order valence-corrected chi connectivity index (χ3v) is 4.84. The van der Waals surface area contributed by atoms with Crippen LogP contribution in [0, 0.1) is 4.64 Å². The van der Waals surface area contributed by atoms with Gasteiger partial charge in [-0.05, 0) is 5.56 Å². The molecule has 6 heteroatoms. The molecule has 1 amide bonds. The van der Waals surface area contributed by atoms with E-state index in [0.29, 0.717) is 48.0 Å². The fraction of sp³-hybridized carbons (Fsp3) is 0.190. The van der Waals surface area contributed by atoms with Gasteiger partial charge in [-0.15, -0.1) is 0 Å². The largest absolute Gasteiger partial charge is 0.378 e. The topological polar surface area (TPSA) is 58.2 Å². The first-order valence-electron chi connectivity index (χ1n) is 8.86. The van der Waals surface area contributed by atoms with E-state index in [-0.39, 0.29) is 5.91 Å². The van der Waals surface area contributed by atoms with Gasteiger partial charge in [-0.3, -0.25) is 4.79 Å². The van der Waals surface area contributed by atoms with Crippen LogP contribution in [-0.2, 0) is 4.74 Å². The van der Waals surface area contributed by atoms with Crippen LogP contribution in [0.25, 0.3) is 22.6 Å². The Morgan fingerprint density at radius 2 is 1.56 bits per heavy atom. The summed E-state index contributed by atoms with van der Waals surface area (Å²) in [6, 6.07) is 19.5. The van der Waals surface area contributed by atoms with Gasteiger partial charge in [-0.2, -0.15) is 0 Å². The molecular weight excluding hydrogens is 358 g/mol. The summed E-state index contributed by atoms with van der Waals surface area (Å²) in [4.78, 5) is 22.9. The first-order valence-corrected chi connectivity index (χ1v) is 9.27. The summed E-state index contributed by atoms with van der Waals surface area (Å²) in [6.45, 7) is 2.20. The van der Waals surface area contributed by atoms with E-state index in [1.54, 1.807) is 4.90 Å². The normalized spacial score (nSPS) is 14.1. The Hall–Kier alpha value is -2.83. The molecule has 1 saturated heterocycles. The van der Waals surface area contributed by atoms with Crippen LogP contribution in [0.4, 0.5) is 0 Å². The number of hydrogen-bond donors (Lipinski definition) is 1. The van der Waals surface area contributed by atoms with Crippen LogP contribution >= 0.6 is 12.2 Å². The lowest BCUT2D eigenvalue weighted by molar-refractivity contribution is 0.0302. The number of carbonyl (C=O) groups is 1. The maximum Gasteiger partial charge on any atom is 0.259 e. The molecule has 0 unspecified atom stereocenters. The van der Waals surface area contributed by atoms with Gasteiger partial charge in [0.05, 0.1) is 18.9 Å². The predicted octanol–water partition coefficient (Wildman–Crippen LogP) is 3.95. The third-order valence-electron chi connectivity index (χ3n) is 4.54. The van der Waals surface area contributed by atoms with E-state index < -0.39 is 0 Å². The summed E-state index contributed by atoms with van der Waals surface area (Å²) in [5.74, 6) is 0.545. The van der Waals surface area contributed by atoms with Crippen LogP contribution in [0.2, 0.25) is 0 Å². The van der Waals surface area contributed by atoms with Crippen LogP contribution in [-0.4, -0.2) is 47.1 Å². The molecule has 27 heavy (non-hydrogen) atoms. The molecule has 1 aliphatic rings. The number of morpholine rings is 1. The first kappa shape index (κ1) is 17.6. The number of amides is 1. The van der Waals surface area contributed by atoms with E-state index in [1.165, 1.54) is 0 Å². The molecule has 2 aromatic carbocycles. The minimum Gasteiger partial charge on any atom is -0.378 e. The Balaban J connectivity index is 1.87. The zero-order valence-electron chi connectivity index (χ0n) is 14.7. The highest BCUT2D eigenvalue weighted by Crippen LogP contribution is 2.27. The molecule has 136 valence electrons. The van der Waals surface area contributed by atoms with Crippen molar-refractivity contribution in [2.24, 2.45) is 0 Å². The molecule has 5 nitrogen and oxygen atoms in total. The molecule has 1 N–H and O–H groups in total. The number of hydrogen-bond acceptors (Lipinski definition) is 4. The number of nitrogens with one attached hydrogen (secondary N) is 1. The second-order valence-corrected chi connectivity index (χ2v) is 6.66. The number of H-pyrrole nitrogens is 1. The van der Waals surface area contributed by atoms with E-state index >= 15 is 0 Å². The van der Waals surface area contributed by atoms with Crippen molar-refractivity contribution in [3.63, 3.8) is 0 Å². The predicted molar refractivity (Wildman–Crippen MR) is 107 cm³/mol. The van der Waals surface area contributed by atoms with Gasteiger partial charge in [-0.25, -0.2) is 4.98 Å². The summed E-state index contributed by atoms with van der Waals surface area (Å²) < 4.78 is 5.67. The zero-order chi connectivity index (χ0) is 18.6. The Morgan fingerprint density at radius 3 is 2.19 bits per heavy atom. The standard InChI is InChI=1S/C21H19N3O2S/c25-21(24-11-13-26-14-12-24)17-18(15-7-3-1-4-8-15)22-19(23-20(17)27)16-9-5-2-6-10-16/h1-10H,11-14H2,(H,22,23,27). The van der Waals surface area contributed by atoms with Gasteiger partial charge < -0.3 is 14.6 Å². The smallest absolute Gasteiger partial charge is 0.259 e. The van der Waals surface area contributed by atoms with Crippen molar-refractivity contribution in [1.82, 2.24) is 14.9 Å². The van der Waals surface area contributed by atoms with Crippen LogP contribution in [0.1, 0.15) is 10.4 Å². The fourth-order valence-corrected chi connectivity index (χ4v) is 3.43. The van der Waals surface area contributed by atoms with Crippen molar-refractivity contribution in [3.05, 3.63) is 70.9 Å². The summed E-state index contributed by atoms with van der Waals surface area (Å²) in [6.07, 6.45) is 0. The van der Waals surface area contributed by atoms with Gasteiger partial charge in [0.25, 0.3) is 5.91 Å². The lowest BCUT2D eigenvalue weighted by Gasteiger charge is -2.27. The number of rotatable bonds is 3. The number of nitrogens with zero attached hydrogens (tertiary/aromatic N) is 2. The van der Waals surface area contributed by atoms with E-state index in [4.69, 9.17) is 17.0 Å². The second-order valence-electron chi connectivity index (χ2n) is 6.28. The average Bonchev–Trinajstić information content (AvgIpc) is 2.74. The Kier molecular flexibility index (Phi) is 5.09. The van der Waals surface area contributed by atoms with Crippen molar-refractivity contribution in [3.8, 4) is 22.6 Å². The lowest BCUT2D eigenvalue weighted by atomic mass is 10.1. The van der Waals surface area contributed by atoms with E-state index in [1.807, 2.05) is 60.7 Å². The number of carbonyl (C=O) groups excluding carboxylic acids is 1. The molecule has 1 fully saturated rings. The number of aromatic amines is 1. The summed E-state index contributed by atoms with van der Waals surface area (Å²) in [5, 5.41) is 0. The monoisotopic (exact) mass is 377 g/mol. The Bertz CT molecular complexity index is 997. The van der Waals surface area contributed by atoms with Crippen molar-refractivity contribution >= 4 is 18.1 Å². The van der Waals surface area contributed by atoms with Crippen molar-refractivity contribution in [2.75, 3.05) is 26.3 Å². The summed E-state index contributed by atoms with van der Waals surface area (Å²) in [7, 11) is 0. The zero-order valence-corrected chi connectivity index (χ0v) is 15.5. The molecule has 0 atom stereocenters. The molecule has 4 rings (SSSR count). The van der Waals surface area contributed by atoms with Crippen molar-refractivity contribution < 1.29 is 9.53 Å². The Morgan fingerprint density at radius 1 is 0.963 bits per heavy atom. The van der Waals surface area contributed by atoms with E-state index in [0.717, 1.165) is 11.1 Å². The molecule has 0 aliphatic carbocycles. The maximum atomic E-state index is 13.2. The van der Waals surface area contributed by atoms with Gasteiger partial charge >= 0.3 is 0 Å². The molecule has 1 aromatic heterocycles. The second kappa shape index (κ2) is 7.82. The highest BCUT2D eigenvalue weighted by Gasteiger charge is 2.24. The lowest BCUT2D eigenvalue weighted by Crippen LogP contribution is -2.41. The minimum atomic E-state index is -0.106. The maximum absolute atomic E-state index is 13.2. The Labute approximate surface area is 162 Å². The van der Waals surface area contributed by atoms with Crippen LogP contribution in [0.3, 0.4) is 0 Å². The number of ether oxygens (including phenoxy) is 1. The SMILES string of the molecule is O=C(c1c(-c2ccccc2)[nH]c(-c2ccccc2)nc1=S)N1CCOCC1. The number of benzene rings is 2. The first-order chi connectivity index (χ1) is 13.2. The molecule has 0 saturated carbocycles. The third kappa shape index (κ3) is 3.67. The summed E-state index contributed by atoms with van der Waals surface area (Å²) in [5.41, 5.74) is 2.97. The molecule has 2 heterocycles. The van der Waals surface area contributed by atoms with Crippen LogP contribution in [0.5, 0.6) is 0 Å². The van der Waals surface area contributed by atoms with E-state index in [2.05, 4.69) is 9.97 Å². The van der Waals surface area contributed by atoms with E-state index in [9.17, 15) is 4.79 Å². The average molecular weight is 377 g/mol. The molecule has 1 aliphatic heterocycles. The van der Waals surface area contributed by atoms with Crippen LogP contribution < -0.4 is 0 Å². The quantitative estimate of drug-likeness (QED) is 0.702. The number of aromatic nitrogens is 2. The summed E-state index contributed by atoms with van der Waals surface area (Å²) >= 11 is 5.56. The fourth-order valence-electron chi connectivity index (χ4n) is 3.15. The highest BCUT2D eigenvalue weighted by molar-refractivity contribution is 7.71. The molecule has 0 spiro atoms. The molecular formula is C21H19N3O2S. The van der Waals surface area contributed by atoms with Crippen LogP contribution in [0.15, 0.2) is 60.7 Å². The minimum absolute atomic E-state index is 0.106. The van der Waals surface area contributed by atoms with Gasteiger partial charge in [0.2, 0.25) is 0 Å². The van der Waals surface area contributed by atoms with Crippen molar-refractivity contribution in [2.45, 2.75) is 0 Å². The van der Waals surface area contributed by atoms with Gasteiger partial charge in [-0.1, -0.05) is 72.9 Å². The molecule has 3 aromatic rings. The van der Waals surface area contributed by atoms with Crippen molar-refractivity contribution in [1.29, 1.82) is 0 Å².